The molecule has 2 aromatic rings. The van der Waals surface area contributed by atoms with Gasteiger partial charge < -0.3 is 4.74 Å². The molecule has 3 heterocycles. The summed E-state index contributed by atoms with van der Waals surface area (Å²) < 4.78 is 34.3. The van der Waals surface area contributed by atoms with Gasteiger partial charge in [-0.3, -0.25) is 19.2 Å². The minimum Gasteiger partial charge on any atom is -0.379 e. The summed E-state index contributed by atoms with van der Waals surface area (Å²) in [5.74, 6) is -0.679. The molecular formula is C19H22N4O5S. The third-order valence-corrected chi connectivity index (χ3v) is 7.45. The van der Waals surface area contributed by atoms with E-state index in [1.54, 1.807) is 42.8 Å². The van der Waals surface area contributed by atoms with E-state index < -0.39 is 10.0 Å². The Morgan fingerprint density at radius 1 is 1.00 bits per heavy atom. The molecule has 0 unspecified atom stereocenters. The average Bonchev–Trinajstić information content (AvgIpc) is 3.14. The van der Waals surface area contributed by atoms with Gasteiger partial charge in [0.15, 0.2) is 0 Å². The quantitative estimate of drug-likeness (QED) is 0.666. The van der Waals surface area contributed by atoms with Crippen LogP contribution in [0.2, 0.25) is 0 Å². The van der Waals surface area contributed by atoms with Crippen LogP contribution in [-0.2, 0) is 21.3 Å². The molecule has 0 atom stereocenters. The first kappa shape index (κ1) is 19.7. The smallest absolute Gasteiger partial charge is 0.261 e. The van der Waals surface area contributed by atoms with E-state index in [1.807, 2.05) is 0 Å². The number of nitrogens with zero attached hydrogens (tertiary/aromatic N) is 4. The van der Waals surface area contributed by atoms with E-state index in [1.165, 1.54) is 9.21 Å². The lowest BCUT2D eigenvalue weighted by Gasteiger charge is -2.26. The van der Waals surface area contributed by atoms with Crippen LogP contribution in [-0.4, -0.2) is 72.1 Å². The van der Waals surface area contributed by atoms with Crippen molar-refractivity contribution in [2.24, 2.45) is 0 Å². The van der Waals surface area contributed by atoms with Crippen LogP contribution in [0, 0.1) is 13.8 Å². The number of hydrogen-bond acceptors (Lipinski definition) is 6. The highest BCUT2D eigenvalue weighted by atomic mass is 32.2. The molecule has 10 heteroatoms. The minimum absolute atomic E-state index is 0.116. The lowest BCUT2D eigenvalue weighted by atomic mass is 10.1. The minimum atomic E-state index is -3.68. The number of fused-ring (bicyclic) bond motifs is 1. The van der Waals surface area contributed by atoms with Gasteiger partial charge in [0.2, 0.25) is 10.0 Å². The van der Waals surface area contributed by atoms with E-state index in [9.17, 15) is 18.0 Å². The molecule has 1 aromatic carbocycles. The first-order valence-corrected chi connectivity index (χ1v) is 10.8. The van der Waals surface area contributed by atoms with Crippen molar-refractivity contribution in [1.29, 1.82) is 0 Å². The van der Waals surface area contributed by atoms with Gasteiger partial charge in [0.25, 0.3) is 11.8 Å². The summed E-state index contributed by atoms with van der Waals surface area (Å²) in [4.78, 5) is 26.4. The Kier molecular flexibility index (Phi) is 5.01. The van der Waals surface area contributed by atoms with Crippen molar-refractivity contribution < 1.29 is 22.7 Å². The van der Waals surface area contributed by atoms with Crippen molar-refractivity contribution >= 4 is 21.8 Å². The lowest BCUT2D eigenvalue weighted by molar-refractivity contribution is 0.0647. The normalized spacial score (nSPS) is 17.8. The molecule has 2 aliphatic rings. The zero-order valence-corrected chi connectivity index (χ0v) is 17.1. The highest BCUT2D eigenvalue weighted by Crippen LogP contribution is 2.25. The standard InChI is InChI=1S/C19H22N4O5S/c1-13-17(29(26,27)21-9-11-28-12-10-21)14(2)23(20-13)8-7-22-18(24)15-5-3-4-6-16(15)19(22)25/h3-6H,7-12H2,1-2H3. The summed E-state index contributed by atoms with van der Waals surface area (Å²) in [5, 5.41) is 4.36. The Hall–Kier alpha value is -2.56. The number of amides is 2. The van der Waals surface area contributed by atoms with Gasteiger partial charge in [0.1, 0.15) is 4.90 Å². The molecule has 0 spiro atoms. The Labute approximate surface area is 168 Å². The van der Waals surface area contributed by atoms with Crippen LogP contribution < -0.4 is 0 Å². The van der Waals surface area contributed by atoms with Crippen molar-refractivity contribution in [3.8, 4) is 0 Å². The summed E-state index contributed by atoms with van der Waals surface area (Å²) in [7, 11) is -3.68. The van der Waals surface area contributed by atoms with Crippen LogP contribution >= 0.6 is 0 Å². The molecule has 0 N–H and O–H groups in total. The van der Waals surface area contributed by atoms with E-state index in [0.29, 0.717) is 48.8 Å². The van der Waals surface area contributed by atoms with Crippen molar-refractivity contribution in [2.45, 2.75) is 25.3 Å². The number of benzene rings is 1. The van der Waals surface area contributed by atoms with Gasteiger partial charge in [-0.25, -0.2) is 8.42 Å². The predicted molar refractivity (Wildman–Crippen MR) is 103 cm³/mol. The summed E-state index contributed by atoms with van der Waals surface area (Å²) in [6.45, 7) is 5.02. The number of sulfonamides is 1. The first-order valence-electron chi connectivity index (χ1n) is 9.39. The number of carbonyl (C=O) groups is 2. The Morgan fingerprint density at radius 3 is 2.17 bits per heavy atom. The molecular weight excluding hydrogens is 396 g/mol. The van der Waals surface area contributed by atoms with E-state index in [2.05, 4.69) is 5.10 Å². The molecule has 154 valence electrons. The van der Waals surface area contributed by atoms with Gasteiger partial charge in [-0.2, -0.15) is 9.40 Å². The van der Waals surface area contributed by atoms with Gasteiger partial charge >= 0.3 is 0 Å². The molecule has 0 radical (unpaired) electrons. The summed E-state index contributed by atoms with van der Waals surface area (Å²) in [6.07, 6.45) is 0. The predicted octanol–water partition coefficient (Wildman–Crippen LogP) is 0.817. The van der Waals surface area contributed by atoms with Crippen LogP contribution in [0.3, 0.4) is 0 Å². The molecule has 2 aliphatic heterocycles. The van der Waals surface area contributed by atoms with Crippen molar-refractivity contribution in [1.82, 2.24) is 19.0 Å². The Balaban J connectivity index is 1.55. The van der Waals surface area contributed by atoms with Crippen molar-refractivity contribution in [3.05, 3.63) is 46.8 Å². The third-order valence-electron chi connectivity index (χ3n) is 5.30. The fourth-order valence-electron chi connectivity index (χ4n) is 3.82. The number of ether oxygens (including phenoxy) is 1. The number of aromatic nitrogens is 2. The monoisotopic (exact) mass is 418 g/mol. The number of aryl methyl sites for hydroxylation is 1. The molecule has 0 bridgehead atoms. The SMILES string of the molecule is Cc1nn(CCN2C(=O)c3ccccc3C2=O)c(C)c1S(=O)(=O)N1CCOCC1. The van der Waals surface area contributed by atoms with E-state index in [0.717, 1.165) is 0 Å². The topological polar surface area (TPSA) is 102 Å². The maximum Gasteiger partial charge on any atom is 0.261 e. The van der Waals surface area contributed by atoms with Crippen LogP contribution in [0.4, 0.5) is 0 Å². The summed E-state index contributed by atoms with van der Waals surface area (Å²) >= 11 is 0. The molecule has 29 heavy (non-hydrogen) atoms. The number of morpholine rings is 1. The van der Waals surface area contributed by atoms with Gasteiger partial charge in [-0.15, -0.1) is 0 Å². The lowest BCUT2D eigenvalue weighted by Crippen LogP contribution is -2.41. The van der Waals surface area contributed by atoms with Crippen molar-refractivity contribution in [3.63, 3.8) is 0 Å². The fraction of sp³-hybridized carbons (Fsp3) is 0.421. The summed E-state index contributed by atoms with van der Waals surface area (Å²) in [5.41, 5.74) is 1.67. The van der Waals surface area contributed by atoms with Crippen molar-refractivity contribution in [2.75, 3.05) is 32.8 Å². The molecule has 1 fully saturated rings. The molecule has 1 saturated heterocycles. The number of imide groups is 1. The maximum absolute atomic E-state index is 13.1. The first-order chi connectivity index (χ1) is 13.8. The highest BCUT2D eigenvalue weighted by Gasteiger charge is 2.36. The molecule has 0 aliphatic carbocycles. The molecule has 2 amide bonds. The second-order valence-electron chi connectivity index (χ2n) is 7.05. The zero-order chi connectivity index (χ0) is 20.8. The van der Waals surface area contributed by atoms with Gasteiger partial charge in [-0.1, -0.05) is 12.1 Å². The molecule has 0 saturated carbocycles. The van der Waals surface area contributed by atoms with Crippen LogP contribution in [0.25, 0.3) is 0 Å². The van der Waals surface area contributed by atoms with Gasteiger partial charge in [-0.05, 0) is 26.0 Å². The van der Waals surface area contributed by atoms with Crippen LogP contribution in [0.1, 0.15) is 32.1 Å². The fourth-order valence-corrected chi connectivity index (χ4v) is 5.61. The number of rotatable bonds is 5. The van der Waals surface area contributed by atoms with E-state index in [4.69, 9.17) is 4.74 Å². The van der Waals surface area contributed by atoms with Gasteiger partial charge in [0.05, 0.1) is 42.3 Å². The Bertz CT molecular complexity index is 1050. The number of carbonyl (C=O) groups excluding carboxylic acids is 2. The average molecular weight is 418 g/mol. The third kappa shape index (κ3) is 3.26. The molecule has 9 nitrogen and oxygen atoms in total. The maximum atomic E-state index is 13.1. The van der Waals surface area contributed by atoms with Gasteiger partial charge in [0, 0.05) is 19.6 Å². The van der Waals surface area contributed by atoms with Crippen LogP contribution in [0.5, 0.6) is 0 Å². The van der Waals surface area contributed by atoms with Crippen LogP contribution in [0.15, 0.2) is 29.2 Å². The van der Waals surface area contributed by atoms with E-state index in [-0.39, 0.29) is 29.8 Å². The highest BCUT2D eigenvalue weighted by molar-refractivity contribution is 7.89. The summed E-state index contributed by atoms with van der Waals surface area (Å²) in [6, 6.07) is 6.70. The second-order valence-corrected chi connectivity index (χ2v) is 8.92. The number of hydrogen-bond donors (Lipinski definition) is 0. The zero-order valence-electron chi connectivity index (χ0n) is 16.3. The molecule has 4 rings (SSSR count). The largest absolute Gasteiger partial charge is 0.379 e. The second kappa shape index (κ2) is 7.36. The van der Waals surface area contributed by atoms with E-state index >= 15 is 0 Å². The molecule has 1 aromatic heterocycles. The Morgan fingerprint density at radius 2 is 1.59 bits per heavy atom.